The van der Waals surface area contributed by atoms with Gasteiger partial charge in [0.2, 0.25) is 0 Å². The van der Waals surface area contributed by atoms with E-state index in [1.54, 1.807) is 12.1 Å². The van der Waals surface area contributed by atoms with Crippen LogP contribution in [0.4, 0.5) is 5.69 Å². The van der Waals surface area contributed by atoms with E-state index in [9.17, 15) is 4.79 Å². The number of methoxy groups -OCH3 is 3. The van der Waals surface area contributed by atoms with E-state index in [0.717, 1.165) is 5.56 Å². The van der Waals surface area contributed by atoms with Crippen molar-refractivity contribution in [3.63, 3.8) is 0 Å². The second-order valence-electron chi connectivity index (χ2n) is 5.48. The summed E-state index contributed by atoms with van der Waals surface area (Å²) in [5, 5.41) is 6.60. The van der Waals surface area contributed by atoms with E-state index in [0.29, 0.717) is 27.9 Å². The van der Waals surface area contributed by atoms with Gasteiger partial charge in [-0.1, -0.05) is 30.3 Å². The van der Waals surface area contributed by atoms with Crippen LogP contribution >= 0.6 is 12.2 Å². The van der Waals surface area contributed by atoms with Crippen molar-refractivity contribution in [1.82, 2.24) is 5.32 Å². The molecule has 0 radical (unpaired) electrons. The minimum Gasteiger partial charge on any atom is -0.493 e. The van der Waals surface area contributed by atoms with E-state index >= 15 is 0 Å². The number of ether oxygens (including phenoxy) is 3. The van der Waals surface area contributed by atoms with Gasteiger partial charge in [-0.2, -0.15) is 0 Å². The highest BCUT2D eigenvalue weighted by Gasteiger charge is 2.18. The van der Waals surface area contributed by atoms with Crippen molar-refractivity contribution in [1.29, 1.82) is 0 Å². The first-order valence-electron chi connectivity index (χ1n) is 7.97. The Balaban J connectivity index is 2.23. The lowest BCUT2D eigenvalue weighted by Gasteiger charge is -2.19. The number of rotatable bonds is 6. The molecule has 1 atom stereocenters. The molecule has 6 nitrogen and oxygen atoms in total. The molecule has 7 heteroatoms. The first-order chi connectivity index (χ1) is 12.5. The van der Waals surface area contributed by atoms with Crippen LogP contribution in [0, 0.1) is 0 Å². The van der Waals surface area contributed by atoms with Gasteiger partial charge in [-0.25, -0.2) is 4.79 Å². The van der Waals surface area contributed by atoms with Crippen LogP contribution in [0.1, 0.15) is 28.9 Å². The fourth-order valence-corrected chi connectivity index (χ4v) is 2.73. The van der Waals surface area contributed by atoms with Gasteiger partial charge >= 0.3 is 5.97 Å². The highest BCUT2D eigenvalue weighted by atomic mass is 32.1. The van der Waals surface area contributed by atoms with Crippen LogP contribution in [0.2, 0.25) is 0 Å². The summed E-state index contributed by atoms with van der Waals surface area (Å²) < 4.78 is 15.4. The van der Waals surface area contributed by atoms with E-state index in [2.05, 4.69) is 10.6 Å². The maximum atomic E-state index is 12.1. The molecular weight excluding hydrogens is 352 g/mol. The standard InChI is InChI=1S/C19H22N2O4S/c1-12(13-8-6-5-7-9-13)20-19(26)21-15-11-17(24-3)16(23-2)10-14(15)18(22)25-4/h5-12H,1-4H3,(H2,20,21,26). The van der Waals surface area contributed by atoms with Crippen molar-refractivity contribution >= 4 is 29.0 Å². The summed E-state index contributed by atoms with van der Waals surface area (Å²) in [6.45, 7) is 2.00. The summed E-state index contributed by atoms with van der Waals surface area (Å²) in [7, 11) is 4.34. The first-order valence-corrected chi connectivity index (χ1v) is 8.37. The largest absolute Gasteiger partial charge is 0.493 e. The monoisotopic (exact) mass is 374 g/mol. The fourth-order valence-electron chi connectivity index (χ4n) is 2.44. The Morgan fingerprint density at radius 2 is 1.65 bits per heavy atom. The molecule has 0 bridgehead atoms. The van der Waals surface area contributed by atoms with Crippen LogP contribution in [0.15, 0.2) is 42.5 Å². The van der Waals surface area contributed by atoms with Crippen molar-refractivity contribution in [3.8, 4) is 11.5 Å². The van der Waals surface area contributed by atoms with Crippen molar-refractivity contribution < 1.29 is 19.0 Å². The number of hydrogen-bond acceptors (Lipinski definition) is 5. The summed E-state index contributed by atoms with van der Waals surface area (Å²) >= 11 is 5.39. The molecule has 0 aliphatic heterocycles. The van der Waals surface area contributed by atoms with Crippen LogP contribution in [0.25, 0.3) is 0 Å². The Morgan fingerprint density at radius 3 is 2.23 bits per heavy atom. The minimum atomic E-state index is -0.507. The number of hydrogen-bond donors (Lipinski definition) is 2. The third kappa shape index (κ3) is 4.64. The number of nitrogens with one attached hydrogen (secondary N) is 2. The Kier molecular flexibility index (Phi) is 6.80. The first kappa shape index (κ1) is 19.5. The molecule has 0 aliphatic rings. The Bertz CT molecular complexity index is 781. The zero-order valence-electron chi connectivity index (χ0n) is 15.2. The Hall–Kier alpha value is -2.80. The number of esters is 1. The molecule has 138 valence electrons. The molecular formula is C19H22N2O4S. The quantitative estimate of drug-likeness (QED) is 0.592. The lowest BCUT2D eigenvalue weighted by molar-refractivity contribution is 0.0601. The van der Waals surface area contributed by atoms with Gasteiger partial charge in [0.15, 0.2) is 16.6 Å². The molecule has 2 aromatic rings. The van der Waals surface area contributed by atoms with E-state index in [1.165, 1.54) is 21.3 Å². The van der Waals surface area contributed by atoms with E-state index in [-0.39, 0.29) is 6.04 Å². The third-order valence-electron chi connectivity index (χ3n) is 3.82. The minimum absolute atomic E-state index is 0.00193. The number of benzene rings is 2. The number of anilines is 1. The topological polar surface area (TPSA) is 68.8 Å². The van der Waals surface area contributed by atoms with Crippen molar-refractivity contribution in [2.45, 2.75) is 13.0 Å². The summed E-state index contributed by atoms with van der Waals surface area (Å²) in [6.07, 6.45) is 0. The average Bonchev–Trinajstić information content (AvgIpc) is 2.67. The van der Waals surface area contributed by atoms with Crippen LogP contribution in [-0.4, -0.2) is 32.4 Å². The third-order valence-corrected chi connectivity index (χ3v) is 4.04. The lowest BCUT2D eigenvalue weighted by Crippen LogP contribution is -2.31. The summed E-state index contributed by atoms with van der Waals surface area (Å²) in [5.74, 6) is 0.393. The van der Waals surface area contributed by atoms with Gasteiger partial charge in [-0.15, -0.1) is 0 Å². The van der Waals surface area contributed by atoms with E-state index < -0.39 is 5.97 Å². The smallest absolute Gasteiger partial charge is 0.340 e. The molecule has 0 fully saturated rings. The van der Waals surface area contributed by atoms with Crippen molar-refractivity contribution in [3.05, 3.63) is 53.6 Å². The van der Waals surface area contributed by atoms with Crippen molar-refractivity contribution in [2.75, 3.05) is 26.6 Å². The van der Waals surface area contributed by atoms with Crippen LogP contribution < -0.4 is 20.1 Å². The second kappa shape index (κ2) is 9.05. The Labute approximate surface area is 158 Å². The van der Waals surface area contributed by atoms with Crippen LogP contribution in [0.3, 0.4) is 0 Å². The molecule has 2 rings (SSSR count). The van der Waals surface area contributed by atoms with Gasteiger partial charge in [-0.3, -0.25) is 0 Å². The van der Waals surface area contributed by atoms with E-state index in [4.69, 9.17) is 26.4 Å². The SMILES string of the molecule is COC(=O)c1cc(OC)c(OC)cc1NC(=S)NC(C)c1ccccc1. The van der Waals surface area contributed by atoms with Crippen LogP contribution in [-0.2, 0) is 4.74 Å². The van der Waals surface area contributed by atoms with Gasteiger partial charge in [0.25, 0.3) is 0 Å². The molecule has 0 saturated carbocycles. The zero-order valence-corrected chi connectivity index (χ0v) is 16.0. The summed E-state index contributed by atoms with van der Waals surface area (Å²) in [4.78, 5) is 12.1. The fraction of sp³-hybridized carbons (Fsp3) is 0.263. The van der Waals surface area contributed by atoms with Gasteiger partial charge in [0, 0.05) is 12.1 Å². The zero-order chi connectivity index (χ0) is 19.1. The number of carbonyl (C=O) groups excluding carboxylic acids is 1. The predicted molar refractivity (Wildman–Crippen MR) is 105 cm³/mol. The molecule has 26 heavy (non-hydrogen) atoms. The maximum absolute atomic E-state index is 12.1. The maximum Gasteiger partial charge on any atom is 0.340 e. The molecule has 0 spiro atoms. The number of thiocarbonyl (C=S) groups is 1. The highest BCUT2D eigenvalue weighted by Crippen LogP contribution is 2.33. The molecule has 0 aromatic heterocycles. The number of carbonyl (C=O) groups is 1. The Morgan fingerprint density at radius 1 is 1.04 bits per heavy atom. The lowest BCUT2D eigenvalue weighted by atomic mass is 10.1. The highest BCUT2D eigenvalue weighted by molar-refractivity contribution is 7.80. The predicted octanol–water partition coefficient (Wildman–Crippen LogP) is 3.54. The summed E-state index contributed by atoms with van der Waals surface area (Å²) in [6, 6.07) is 13.1. The molecule has 0 amide bonds. The van der Waals surface area contributed by atoms with Crippen molar-refractivity contribution in [2.24, 2.45) is 0 Å². The molecule has 0 aliphatic carbocycles. The molecule has 2 N–H and O–H groups in total. The summed E-state index contributed by atoms with van der Waals surface area (Å²) in [5.41, 5.74) is 1.85. The molecule has 0 saturated heterocycles. The average molecular weight is 374 g/mol. The normalized spacial score (nSPS) is 11.2. The van der Waals surface area contributed by atoms with Gasteiger partial charge in [0.05, 0.1) is 38.6 Å². The second-order valence-corrected chi connectivity index (χ2v) is 5.88. The van der Waals surface area contributed by atoms with Crippen LogP contribution in [0.5, 0.6) is 11.5 Å². The van der Waals surface area contributed by atoms with Gasteiger partial charge in [0.1, 0.15) is 0 Å². The molecule has 1 unspecified atom stereocenters. The molecule has 0 heterocycles. The van der Waals surface area contributed by atoms with Gasteiger partial charge in [-0.05, 0) is 24.7 Å². The van der Waals surface area contributed by atoms with E-state index in [1.807, 2.05) is 37.3 Å². The van der Waals surface area contributed by atoms with Gasteiger partial charge < -0.3 is 24.8 Å². The molecule has 2 aromatic carbocycles.